The van der Waals surface area contributed by atoms with E-state index in [4.69, 9.17) is 14.1 Å². The highest BCUT2D eigenvalue weighted by Crippen LogP contribution is 2.35. The normalized spacial score (nSPS) is 13.5. The molecule has 1 aliphatic rings. The first-order valence-corrected chi connectivity index (χ1v) is 12.5. The molecule has 7 nitrogen and oxygen atoms in total. The number of fused-ring (bicyclic) bond motifs is 3. The lowest BCUT2D eigenvalue weighted by atomic mass is 9.97. The van der Waals surface area contributed by atoms with Crippen LogP contribution in [-0.4, -0.2) is 33.5 Å². The van der Waals surface area contributed by atoms with Gasteiger partial charge in [-0.1, -0.05) is 42.1 Å². The van der Waals surface area contributed by atoms with Crippen LogP contribution in [0.1, 0.15) is 40.6 Å². The van der Waals surface area contributed by atoms with Crippen LogP contribution in [-0.2, 0) is 36.3 Å². The Labute approximate surface area is 193 Å². The summed E-state index contributed by atoms with van der Waals surface area (Å²) < 4.78 is 12.8. The second kappa shape index (κ2) is 9.56. The maximum absolute atomic E-state index is 13.4. The average molecular weight is 469 g/mol. The molecule has 3 aromatic heterocycles. The second-order valence-corrected chi connectivity index (χ2v) is 9.80. The molecule has 1 aliphatic carbocycles. The lowest BCUT2D eigenvalue weighted by Crippen LogP contribution is -2.25. The highest BCUT2D eigenvalue weighted by atomic mass is 32.2. The van der Waals surface area contributed by atoms with Crippen LogP contribution >= 0.6 is 23.1 Å². The summed E-state index contributed by atoms with van der Waals surface area (Å²) in [5.41, 5.74) is 2.36. The summed E-state index contributed by atoms with van der Waals surface area (Å²) in [4.78, 5) is 20.5. The van der Waals surface area contributed by atoms with Crippen molar-refractivity contribution in [3.8, 4) is 0 Å². The third-order valence-electron chi connectivity index (χ3n) is 5.59. The van der Waals surface area contributed by atoms with Crippen LogP contribution < -0.4 is 5.56 Å². The Balaban J connectivity index is 1.40. The molecule has 3 heterocycles. The molecule has 0 radical (unpaired) electrons. The molecule has 166 valence electrons. The van der Waals surface area contributed by atoms with Gasteiger partial charge in [-0.25, -0.2) is 4.98 Å². The molecule has 0 saturated heterocycles. The molecule has 0 bridgehead atoms. The third-order valence-corrected chi connectivity index (χ3v) is 7.74. The number of hydrogen-bond donors (Lipinski definition) is 0. The minimum absolute atomic E-state index is 0.0317. The van der Waals surface area contributed by atoms with Crippen molar-refractivity contribution in [1.29, 1.82) is 0 Å². The number of hydrogen-bond acceptors (Lipinski definition) is 8. The van der Waals surface area contributed by atoms with Crippen LogP contribution in [0.15, 0.2) is 44.7 Å². The van der Waals surface area contributed by atoms with Gasteiger partial charge in [0.25, 0.3) is 5.56 Å². The SMILES string of the molecule is COCCn1c(SCc2nnc(Cc3ccccc3)o2)nc2sc3c(c2c1=O)CCCC3. The molecule has 0 unspecified atom stereocenters. The lowest BCUT2D eigenvalue weighted by molar-refractivity contribution is 0.183. The number of thiophene rings is 1. The number of methoxy groups -OCH3 is 1. The van der Waals surface area contributed by atoms with Gasteiger partial charge in [-0.05, 0) is 36.8 Å². The van der Waals surface area contributed by atoms with Crippen molar-refractivity contribution < 1.29 is 9.15 Å². The largest absolute Gasteiger partial charge is 0.424 e. The zero-order chi connectivity index (χ0) is 21.9. The van der Waals surface area contributed by atoms with E-state index in [1.54, 1.807) is 23.0 Å². The van der Waals surface area contributed by atoms with Gasteiger partial charge in [0, 0.05) is 12.0 Å². The van der Waals surface area contributed by atoms with Crippen molar-refractivity contribution in [3.05, 3.63) is 68.5 Å². The summed E-state index contributed by atoms with van der Waals surface area (Å²) in [6.45, 7) is 0.920. The molecule has 4 aromatic rings. The van der Waals surface area contributed by atoms with Gasteiger partial charge in [0.15, 0.2) is 5.16 Å². The first-order chi connectivity index (χ1) is 15.7. The Bertz CT molecular complexity index is 1280. The smallest absolute Gasteiger partial charge is 0.263 e. The van der Waals surface area contributed by atoms with E-state index in [9.17, 15) is 4.79 Å². The van der Waals surface area contributed by atoms with Gasteiger partial charge in [0.2, 0.25) is 11.8 Å². The lowest BCUT2D eigenvalue weighted by Gasteiger charge is -2.12. The predicted molar refractivity (Wildman–Crippen MR) is 126 cm³/mol. The summed E-state index contributed by atoms with van der Waals surface area (Å²) in [5, 5.41) is 9.82. The van der Waals surface area contributed by atoms with Crippen molar-refractivity contribution in [2.75, 3.05) is 13.7 Å². The molecule has 32 heavy (non-hydrogen) atoms. The van der Waals surface area contributed by atoms with Gasteiger partial charge in [-0.15, -0.1) is 21.5 Å². The van der Waals surface area contributed by atoms with Gasteiger partial charge >= 0.3 is 0 Å². The van der Waals surface area contributed by atoms with E-state index in [0.29, 0.717) is 42.3 Å². The first-order valence-electron chi connectivity index (χ1n) is 10.7. The van der Waals surface area contributed by atoms with Gasteiger partial charge in [-0.2, -0.15) is 0 Å². The van der Waals surface area contributed by atoms with Crippen molar-refractivity contribution in [2.45, 2.75) is 49.6 Å². The molecule has 0 fully saturated rings. The van der Waals surface area contributed by atoms with E-state index >= 15 is 0 Å². The number of thioether (sulfide) groups is 1. The number of rotatable bonds is 8. The van der Waals surface area contributed by atoms with Crippen LogP contribution in [0.5, 0.6) is 0 Å². The van der Waals surface area contributed by atoms with Crippen LogP contribution in [0.4, 0.5) is 0 Å². The number of aromatic nitrogens is 4. The quantitative estimate of drug-likeness (QED) is 0.282. The van der Waals surface area contributed by atoms with Crippen molar-refractivity contribution in [3.63, 3.8) is 0 Å². The molecule has 0 aliphatic heterocycles. The fraction of sp³-hybridized carbons (Fsp3) is 0.391. The molecule has 5 rings (SSSR count). The summed E-state index contributed by atoms with van der Waals surface area (Å²) in [7, 11) is 1.64. The third kappa shape index (κ3) is 4.37. The van der Waals surface area contributed by atoms with E-state index in [1.165, 1.54) is 28.6 Å². The zero-order valence-electron chi connectivity index (χ0n) is 17.9. The number of ether oxygens (including phenoxy) is 1. The van der Waals surface area contributed by atoms with E-state index in [2.05, 4.69) is 10.2 Å². The molecular weight excluding hydrogens is 444 g/mol. The standard InChI is InChI=1S/C23H24N4O3S2/c1-29-12-11-27-22(28)20-16-9-5-6-10-17(16)32-21(20)24-23(27)31-14-19-26-25-18(30-19)13-15-7-3-2-4-8-15/h2-4,7-8H,5-6,9-14H2,1H3. The van der Waals surface area contributed by atoms with Gasteiger partial charge in [0.05, 0.1) is 30.7 Å². The first kappa shape index (κ1) is 21.4. The fourth-order valence-corrected chi connectivity index (χ4v) is 6.19. The van der Waals surface area contributed by atoms with E-state index in [1.807, 2.05) is 30.3 Å². The summed E-state index contributed by atoms with van der Waals surface area (Å²) in [6.07, 6.45) is 4.93. The van der Waals surface area contributed by atoms with Crippen molar-refractivity contribution in [1.82, 2.24) is 19.7 Å². The number of aryl methyl sites for hydroxylation is 2. The van der Waals surface area contributed by atoms with Crippen molar-refractivity contribution in [2.24, 2.45) is 0 Å². The van der Waals surface area contributed by atoms with E-state index < -0.39 is 0 Å². The Kier molecular flexibility index (Phi) is 6.38. The minimum Gasteiger partial charge on any atom is -0.424 e. The van der Waals surface area contributed by atoms with E-state index in [-0.39, 0.29) is 5.56 Å². The van der Waals surface area contributed by atoms with E-state index in [0.717, 1.165) is 35.0 Å². The Hall–Kier alpha value is -2.49. The molecule has 0 N–H and O–H groups in total. The maximum Gasteiger partial charge on any atom is 0.263 e. The zero-order valence-corrected chi connectivity index (χ0v) is 19.5. The second-order valence-electron chi connectivity index (χ2n) is 7.78. The molecular formula is C23H24N4O3S2. The van der Waals surface area contributed by atoms with Crippen molar-refractivity contribution >= 4 is 33.3 Å². The molecule has 0 spiro atoms. The molecule has 1 aromatic carbocycles. The monoisotopic (exact) mass is 468 g/mol. The van der Waals surface area contributed by atoms with Gasteiger partial charge in [0.1, 0.15) is 4.83 Å². The molecule has 0 amide bonds. The maximum atomic E-state index is 13.4. The van der Waals surface area contributed by atoms with Gasteiger partial charge < -0.3 is 9.15 Å². The van der Waals surface area contributed by atoms with Crippen LogP contribution in [0.3, 0.4) is 0 Å². The molecule has 9 heteroatoms. The topological polar surface area (TPSA) is 83.0 Å². The summed E-state index contributed by atoms with van der Waals surface area (Å²) in [6, 6.07) is 10.0. The fourth-order valence-electron chi connectivity index (χ4n) is 4.02. The molecule has 0 atom stereocenters. The summed E-state index contributed by atoms with van der Waals surface area (Å²) in [5.74, 6) is 1.56. The number of nitrogens with zero attached hydrogens (tertiary/aromatic N) is 4. The Morgan fingerprint density at radius 3 is 2.81 bits per heavy atom. The Morgan fingerprint density at radius 1 is 1.16 bits per heavy atom. The average Bonchev–Trinajstić information content (AvgIpc) is 3.42. The van der Waals surface area contributed by atoms with Gasteiger partial charge in [-0.3, -0.25) is 9.36 Å². The van der Waals surface area contributed by atoms with Crippen LogP contribution in [0.25, 0.3) is 10.2 Å². The predicted octanol–water partition coefficient (Wildman–Crippen LogP) is 4.25. The highest BCUT2D eigenvalue weighted by Gasteiger charge is 2.22. The highest BCUT2D eigenvalue weighted by molar-refractivity contribution is 7.98. The van der Waals surface area contributed by atoms with Crippen LogP contribution in [0.2, 0.25) is 0 Å². The minimum atomic E-state index is 0.0317. The number of benzene rings is 1. The summed E-state index contributed by atoms with van der Waals surface area (Å²) >= 11 is 3.12. The molecule has 0 saturated carbocycles. The Morgan fingerprint density at radius 2 is 1.97 bits per heavy atom. The van der Waals surface area contributed by atoms with Crippen LogP contribution in [0, 0.1) is 0 Å².